The molecule has 0 saturated carbocycles. The van der Waals surface area contributed by atoms with Crippen molar-refractivity contribution in [3.05, 3.63) is 83.9 Å². The number of carbonyl (C=O) groups excluding carboxylic acids is 1. The molecule has 3 aromatic rings. The Bertz CT molecular complexity index is 839. The molecule has 4 heteroatoms. The Kier molecular flexibility index (Phi) is 4.45. The molecule has 0 spiro atoms. The van der Waals surface area contributed by atoms with Crippen molar-refractivity contribution in [2.45, 2.75) is 6.10 Å². The third-order valence-corrected chi connectivity index (χ3v) is 3.57. The van der Waals surface area contributed by atoms with Gasteiger partial charge in [-0.15, -0.1) is 0 Å². The monoisotopic (exact) mass is 304 g/mol. The van der Waals surface area contributed by atoms with Crippen LogP contribution < -0.4 is 5.43 Å². The van der Waals surface area contributed by atoms with Gasteiger partial charge in [0.15, 0.2) is 6.10 Å². The van der Waals surface area contributed by atoms with Gasteiger partial charge in [0.2, 0.25) is 0 Å². The fraction of sp³-hybridized carbons (Fsp3) is 0.0526. The number of aliphatic hydroxyl groups excluding tert-OH is 1. The zero-order chi connectivity index (χ0) is 16.1. The standard InChI is InChI=1S/C19H16N2O2/c22-18(15-8-2-1-3-9-15)19(23)21-20-13-16-11-6-10-14-7-4-5-12-17(14)16/h1-13,18,22H,(H,21,23)/b20-13-/t18-/m1/s1. The number of benzene rings is 3. The largest absolute Gasteiger partial charge is 0.378 e. The van der Waals surface area contributed by atoms with E-state index >= 15 is 0 Å². The lowest BCUT2D eigenvalue weighted by Gasteiger charge is -2.08. The number of hydrogen-bond donors (Lipinski definition) is 2. The van der Waals surface area contributed by atoms with Crippen molar-refractivity contribution >= 4 is 22.9 Å². The first-order valence-corrected chi connectivity index (χ1v) is 7.29. The molecule has 1 amide bonds. The molecule has 114 valence electrons. The predicted molar refractivity (Wildman–Crippen MR) is 91.1 cm³/mol. The van der Waals surface area contributed by atoms with Gasteiger partial charge in [0.1, 0.15) is 0 Å². The van der Waals surface area contributed by atoms with E-state index in [0.29, 0.717) is 5.56 Å². The van der Waals surface area contributed by atoms with Crippen molar-refractivity contribution in [2.75, 3.05) is 0 Å². The first kappa shape index (κ1) is 14.9. The van der Waals surface area contributed by atoms with E-state index in [1.54, 1.807) is 30.5 Å². The highest BCUT2D eigenvalue weighted by Gasteiger charge is 2.15. The summed E-state index contributed by atoms with van der Waals surface area (Å²) in [5, 5.41) is 16.1. The Morgan fingerprint density at radius 1 is 0.957 bits per heavy atom. The molecule has 23 heavy (non-hydrogen) atoms. The SMILES string of the molecule is O=C(N/N=C\c1cccc2ccccc12)[C@H](O)c1ccccc1. The molecule has 2 N–H and O–H groups in total. The number of rotatable bonds is 4. The summed E-state index contributed by atoms with van der Waals surface area (Å²) in [6.07, 6.45) is 0.346. The van der Waals surface area contributed by atoms with Gasteiger partial charge in [0, 0.05) is 5.56 Å². The van der Waals surface area contributed by atoms with Gasteiger partial charge in [0.25, 0.3) is 5.91 Å². The molecule has 0 aliphatic carbocycles. The highest BCUT2D eigenvalue weighted by Crippen LogP contribution is 2.17. The Morgan fingerprint density at radius 2 is 1.65 bits per heavy atom. The van der Waals surface area contributed by atoms with E-state index in [9.17, 15) is 9.90 Å². The number of nitrogens with one attached hydrogen (secondary N) is 1. The molecule has 0 fully saturated rings. The van der Waals surface area contributed by atoms with Crippen LogP contribution in [0, 0.1) is 0 Å². The van der Waals surface area contributed by atoms with Crippen LogP contribution in [0.2, 0.25) is 0 Å². The summed E-state index contributed by atoms with van der Waals surface area (Å²) >= 11 is 0. The van der Waals surface area contributed by atoms with Gasteiger partial charge in [0.05, 0.1) is 6.21 Å². The van der Waals surface area contributed by atoms with Gasteiger partial charge in [-0.1, -0.05) is 72.8 Å². The number of amides is 1. The van der Waals surface area contributed by atoms with Gasteiger partial charge < -0.3 is 5.11 Å². The van der Waals surface area contributed by atoms with E-state index in [1.807, 2.05) is 48.5 Å². The number of carbonyl (C=O) groups is 1. The maximum absolute atomic E-state index is 11.9. The molecule has 3 aromatic carbocycles. The Morgan fingerprint density at radius 3 is 2.48 bits per heavy atom. The summed E-state index contributed by atoms with van der Waals surface area (Å²) in [6.45, 7) is 0. The van der Waals surface area contributed by atoms with Crippen molar-refractivity contribution in [2.24, 2.45) is 5.10 Å². The van der Waals surface area contributed by atoms with Crippen molar-refractivity contribution in [3.63, 3.8) is 0 Å². The van der Waals surface area contributed by atoms with E-state index in [-0.39, 0.29) is 0 Å². The smallest absolute Gasteiger partial charge is 0.273 e. The minimum absolute atomic E-state index is 0.533. The fourth-order valence-electron chi connectivity index (χ4n) is 2.38. The molecule has 0 radical (unpaired) electrons. The summed E-state index contributed by atoms with van der Waals surface area (Å²) in [7, 11) is 0. The quantitative estimate of drug-likeness (QED) is 0.575. The summed E-state index contributed by atoms with van der Waals surface area (Å²) in [5.41, 5.74) is 3.81. The van der Waals surface area contributed by atoms with E-state index in [0.717, 1.165) is 16.3 Å². The van der Waals surface area contributed by atoms with Gasteiger partial charge in [-0.25, -0.2) is 5.43 Å². The van der Waals surface area contributed by atoms with E-state index in [4.69, 9.17) is 0 Å². The van der Waals surface area contributed by atoms with E-state index in [1.165, 1.54) is 0 Å². The van der Waals surface area contributed by atoms with E-state index in [2.05, 4.69) is 10.5 Å². The minimum atomic E-state index is -1.24. The lowest BCUT2D eigenvalue weighted by Crippen LogP contribution is -2.25. The second kappa shape index (κ2) is 6.85. The van der Waals surface area contributed by atoms with Gasteiger partial charge in [-0.3, -0.25) is 4.79 Å². The average molecular weight is 304 g/mol. The molecule has 0 saturated heterocycles. The molecular weight excluding hydrogens is 288 g/mol. The van der Waals surface area contributed by atoms with Gasteiger partial charge in [-0.2, -0.15) is 5.10 Å². The van der Waals surface area contributed by atoms with Crippen LogP contribution in [-0.4, -0.2) is 17.2 Å². The number of hydrogen-bond acceptors (Lipinski definition) is 3. The molecule has 1 atom stereocenters. The number of fused-ring (bicyclic) bond motifs is 1. The van der Waals surface area contributed by atoms with Gasteiger partial charge in [-0.05, 0) is 16.3 Å². The van der Waals surface area contributed by atoms with Crippen molar-refractivity contribution in [3.8, 4) is 0 Å². The molecule has 0 heterocycles. The van der Waals surface area contributed by atoms with Crippen LogP contribution in [-0.2, 0) is 4.79 Å². The van der Waals surface area contributed by atoms with Crippen LogP contribution in [0.3, 0.4) is 0 Å². The number of nitrogens with zero attached hydrogens (tertiary/aromatic N) is 1. The molecule has 0 unspecified atom stereocenters. The van der Waals surface area contributed by atoms with Crippen LogP contribution in [0.4, 0.5) is 0 Å². The molecule has 0 aromatic heterocycles. The van der Waals surface area contributed by atoms with Crippen LogP contribution in [0.15, 0.2) is 77.9 Å². The zero-order valence-corrected chi connectivity index (χ0v) is 12.4. The van der Waals surface area contributed by atoms with Crippen molar-refractivity contribution in [1.29, 1.82) is 0 Å². The lowest BCUT2D eigenvalue weighted by atomic mass is 10.1. The van der Waals surface area contributed by atoms with Gasteiger partial charge >= 0.3 is 0 Å². The summed E-state index contributed by atoms with van der Waals surface area (Å²) < 4.78 is 0. The Balaban J connectivity index is 1.72. The summed E-state index contributed by atoms with van der Waals surface area (Å²) in [4.78, 5) is 11.9. The number of hydrazone groups is 1. The molecule has 0 aliphatic rings. The Hall–Kier alpha value is -2.98. The molecule has 3 rings (SSSR count). The van der Waals surface area contributed by atoms with E-state index < -0.39 is 12.0 Å². The predicted octanol–water partition coefficient (Wildman–Crippen LogP) is 3.02. The Labute approximate surface area is 134 Å². The topological polar surface area (TPSA) is 61.7 Å². The minimum Gasteiger partial charge on any atom is -0.378 e. The first-order chi connectivity index (χ1) is 11.3. The normalized spacial score (nSPS) is 12.4. The molecule has 4 nitrogen and oxygen atoms in total. The molecular formula is C19H16N2O2. The highest BCUT2D eigenvalue weighted by atomic mass is 16.3. The summed E-state index contributed by atoms with van der Waals surface area (Å²) in [5.74, 6) is -0.562. The van der Waals surface area contributed by atoms with Crippen molar-refractivity contribution in [1.82, 2.24) is 5.43 Å². The van der Waals surface area contributed by atoms with Crippen molar-refractivity contribution < 1.29 is 9.90 Å². The van der Waals surface area contributed by atoms with Crippen LogP contribution in [0.1, 0.15) is 17.2 Å². The highest BCUT2D eigenvalue weighted by molar-refractivity contribution is 6.00. The maximum Gasteiger partial charge on any atom is 0.273 e. The van der Waals surface area contributed by atoms with Crippen LogP contribution >= 0.6 is 0 Å². The fourth-order valence-corrected chi connectivity index (χ4v) is 2.38. The summed E-state index contributed by atoms with van der Waals surface area (Å²) in [6, 6.07) is 22.6. The third-order valence-electron chi connectivity index (χ3n) is 3.57. The van der Waals surface area contributed by atoms with Crippen LogP contribution in [0.25, 0.3) is 10.8 Å². The molecule has 0 bridgehead atoms. The second-order valence-electron chi connectivity index (χ2n) is 5.12. The third kappa shape index (κ3) is 3.44. The second-order valence-corrected chi connectivity index (χ2v) is 5.12. The number of aliphatic hydroxyl groups is 1. The average Bonchev–Trinajstić information content (AvgIpc) is 2.62. The van der Waals surface area contributed by atoms with Crippen LogP contribution in [0.5, 0.6) is 0 Å². The zero-order valence-electron chi connectivity index (χ0n) is 12.4. The first-order valence-electron chi connectivity index (χ1n) is 7.29. The maximum atomic E-state index is 11.9. The lowest BCUT2D eigenvalue weighted by molar-refractivity contribution is -0.129. The molecule has 0 aliphatic heterocycles.